The molecule has 0 heterocycles. The molecule has 0 spiro atoms. The molecule has 3 rings (SSSR count). The summed E-state index contributed by atoms with van der Waals surface area (Å²) in [5.74, 6) is -0.453. The molecule has 7 heteroatoms. The lowest BCUT2D eigenvalue weighted by atomic mass is 10.1. The molecular formula is C20H22N4O3. The Bertz CT molecular complexity index is 845. The predicted molar refractivity (Wildman–Crippen MR) is 104 cm³/mol. The summed E-state index contributed by atoms with van der Waals surface area (Å²) in [5.41, 5.74) is 2.08. The zero-order valence-electron chi connectivity index (χ0n) is 15.0. The number of benzene rings is 2. The van der Waals surface area contributed by atoms with E-state index in [1.165, 1.54) is 0 Å². The van der Waals surface area contributed by atoms with Gasteiger partial charge in [0.1, 0.15) is 0 Å². The number of hydrogen-bond donors (Lipinski definition) is 4. The van der Waals surface area contributed by atoms with E-state index in [0.29, 0.717) is 29.0 Å². The van der Waals surface area contributed by atoms with E-state index in [1.807, 2.05) is 6.92 Å². The van der Waals surface area contributed by atoms with Crippen molar-refractivity contribution in [3.8, 4) is 0 Å². The van der Waals surface area contributed by atoms with Crippen LogP contribution in [0.2, 0.25) is 0 Å². The van der Waals surface area contributed by atoms with Gasteiger partial charge < -0.3 is 21.3 Å². The van der Waals surface area contributed by atoms with Gasteiger partial charge in [0.25, 0.3) is 11.8 Å². The van der Waals surface area contributed by atoms with Crippen LogP contribution in [0.3, 0.4) is 0 Å². The maximum atomic E-state index is 12.4. The fourth-order valence-corrected chi connectivity index (χ4v) is 2.49. The van der Waals surface area contributed by atoms with Crippen LogP contribution >= 0.6 is 0 Å². The number of rotatable bonds is 6. The van der Waals surface area contributed by atoms with Gasteiger partial charge in [-0.25, -0.2) is 4.79 Å². The lowest BCUT2D eigenvalue weighted by Gasteiger charge is -2.09. The van der Waals surface area contributed by atoms with Crippen molar-refractivity contribution >= 4 is 29.2 Å². The topological polar surface area (TPSA) is 99.3 Å². The van der Waals surface area contributed by atoms with Gasteiger partial charge in [0.15, 0.2) is 0 Å². The number of hydrogen-bond acceptors (Lipinski definition) is 3. The highest BCUT2D eigenvalue weighted by atomic mass is 16.2. The maximum Gasteiger partial charge on any atom is 0.319 e. The first-order chi connectivity index (χ1) is 13.0. The van der Waals surface area contributed by atoms with Crippen molar-refractivity contribution in [3.05, 3.63) is 59.7 Å². The van der Waals surface area contributed by atoms with Gasteiger partial charge in [0.2, 0.25) is 0 Å². The van der Waals surface area contributed by atoms with E-state index in [-0.39, 0.29) is 23.9 Å². The summed E-state index contributed by atoms with van der Waals surface area (Å²) in [7, 11) is 0. The molecule has 0 radical (unpaired) electrons. The van der Waals surface area contributed by atoms with E-state index in [2.05, 4.69) is 21.3 Å². The molecule has 1 saturated carbocycles. The summed E-state index contributed by atoms with van der Waals surface area (Å²) in [6.07, 6.45) is 2.02. The van der Waals surface area contributed by atoms with E-state index in [9.17, 15) is 14.4 Å². The summed E-state index contributed by atoms with van der Waals surface area (Å²) in [6, 6.07) is 13.4. The van der Waals surface area contributed by atoms with Crippen molar-refractivity contribution < 1.29 is 14.4 Å². The fourth-order valence-electron chi connectivity index (χ4n) is 2.49. The maximum absolute atomic E-state index is 12.4. The average Bonchev–Trinajstić information content (AvgIpc) is 3.46. The van der Waals surface area contributed by atoms with Gasteiger partial charge in [-0.3, -0.25) is 9.59 Å². The van der Waals surface area contributed by atoms with Gasteiger partial charge in [-0.2, -0.15) is 0 Å². The van der Waals surface area contributed by atoms with Crippen molar-refractivity contribution in [2.75, 3.05) is 17.2 Å². The molecule has 140 valence electrons. The minimum Gasteiger partial charge on any atom is -0.352 e. The molecular weight excluding hydrogens is 344 g/mol. The van der Waals surface area contributed by atoms with E-state index < -0.39 is 0 Å². The Morgan fingerprint density at radius 1 is 0.889 bits per heavy atom. The van der Waals surface area contributed by atoms with Crippen LogP contribution in [0.4, 0.5) is 16.2 Å². The largest absolute Gasteiger partial charge is 0.352 e. The lowest BCUT2D eigenvalue weighted by Crippen LogP contribution is -2.30. The lowest BCUT2D eigenvalue weighted by molar-refractivity contribution is 0.0955. The molecule has 2 aromatic rings. The van der Waals surface area contributed by atoms with Gasteiger partial charge in [-0.1, -0.05) is 6.07 Å². The summed E-state index contributed by atoms with van der Waals surface area (Å²) in [5, 5.41) is 11.1. The molecule has 4 N–H and O–H groups in total. The average molecular weight is 366 g/mol. The molecule has 2 aromatic carbocycles. The Balaban J connectivity index is 1.61. The number of anilines is 2. The molecule has 1 aliphatic rings. The Kier molecular flexibility index (Phi) is 5.71. The zero-order valence-corrected chi connectivity index (χ0v) is 15.0. The Morgan fingerprint density at radius 3 is 2.30 bits per heavy atom. The first-order valence-electron chi connectivity index (χ1n) is 8.92. The number of amides is 4. The van der Waals surface area contributed by atoms with E-state index in [4.69, 9.17) is 0 Å². The van der Waals surface area contributed by atoms with Crippen LogP contribution in [0.5, 0.6) is 0 Å². The number of carbonyl (C=O) groups is 3. The summed E-state index contributed by atoms with van der Waals surface area (Å²) >= 11 is 0. The van der Waals surface area contributed by atoms with Gasteiger partial charge >= 0.3 is 6.03 Å². The van der Waals surface area contributed by atoms with Crippen LogP contribution in [0.25, 0.3) is 0 Å². The van der Waals surface area contributed by atoms with Crippen LogP contribution in [-0.2, 0) is 0 Å². The normalized spacial score (nSPS) is 12.8. The van der Waals surface area contributed by atoms with Gasteiger partial charge in [-0.15, -0.1) is 0 Å². The quantitative estimate of drug-likeness (QED) is 0.632. The second-order valence-electron chi connectivity index (χ2n) is 6.34. The van der Waals surface area contributed by atoms with Crippen molar-refractivity contribution in [3.63, 3.8) is 0 Å². The first-order valence-corrected chi connectivity index (χ1v) is 8.92. The van der Waals surface area contributed by atoms with E-state index >= 15 is 0 Å². The number of urea groups is 1. The third-order valence-electron chi connectivity index (χ3n) is 4.04. The molecule has 0 bridgehead atoms. The number of carbonyl (C=O) groups excluding carboxylic acids is 3. The second kappa shape index (κ2) is 8.35. The third-order valence-corrected chi connectivity index (χ3v) is 4.04. The molecule has 0 aromatic heterocycles. The second-order valence-corrected chi connectivity index (χ2v) is 6.34. The Labute approximate surface area is 157 Å². The summed E-state index contributed by atoms with van der Waals surface area (Å²) in [4.78, 5) is 36.0. The van der Waals surface area contributed by atoms with Crippen LogP contribution in [0, 0.1) is 0 Å². The van der Waals surface area contributed by atoms with Crippen molar-refractivity contribution in [2.24, 2.45) is 0 Å². The highest BCUT2D eigenvalue weighted by Crippen LogP contribution is 2.19. The van der Waals surface area contributed by atoms with Gasteiger partial charge in [-0.05, 0) is 62.2 Å². The molecule has 0 aliphatic heterocycles. The Hall–Kier alpha value is -3.35. The molecule has 0 atom stereocenters. The molecule has 0 unspecified atom stereocenters. The van der Waals surface area contributed by atoms with Crippen LogP contribution in [0.15, 0.2) is 48.5 Å². The highest BCUT2D eigenvalue weighted by molar-refractivity contribution is 6.05. The van der Waals surface area contributed by atoms with Crippen LogP contribution in [-0.4, -0.2) is 30.4 Å². The molecule has 7 nitrogen and oxygen atoms in total. The smallest absolute Gasteiger partial charge is 0.319 e. The zero-order chi connectivity index (χ0) is 19.2. The van der Waals surface area contributed by atoms with Crippen LogP contribution < -0.4 is 21.3 Å². The van der Waals surface area contributed by atoms with Gasteiger partial charge in [0, 0.05) is 35.1 Å². The molecule has 27 heavy (non-hydrogen) atoms. The minimum atomic E-state index is -0.299. The monoisotopic (exact) mass is 366 g/mol. The van der Waals surface area contributed by atoms with Crippen LogP contribution in [0.1, 0.15) is 40.5 Å². The first kappa shape index (κ1) is 18.4. The minimum absolute atomic E-state index is 0.154. The SMILES string of the molecule is CCNC(=O)c1ccc(NC(=O)c2cccc(NC(=O)NC3CC3)c2)cc1. The third kappa shape index (κ3) is 5.31. The molecule has 1 aliphatic carbocycles. The molecule has 1 fully saturated rings. The predicted octanol–water partition coefficient (Wildman–Crippen LogP) is 2.97. The van der Waals surface area contributed by atoms with Gasteiger partial charge in [0.05, 0.1) is 0 Å². The number of nitrogens with one attached hydrogen (secondary N) is 4. The summed E-state index contributed by atoms with van der Waals surface area (Å²) < 4.78 is 0. The highest BCUT2D eigenvalue weighted by Gasteiger charge is 2.23. The fraction of sp³-hybridized carbons (Fsp3) is 0.250. The molecule has 0 saturated heterocycles. The Morgan fingerprint density at radius 2 is 1.63 bits per heavy atom. The summed E-state index contributed by atoms with van der Waals surface area (Å²) in [6.45, 7) is 2.41. The van der Waals surface area contributed by atoms with Crippen molar-refractivity contribution in [1.29, 1.82) is 0 Å². The van der Waals surface area contributed by atoms with Crippen molar-refractivity contribution in [1.82, 2.24) is 10.6 Å². The standard InChI is InChI=1S/C20H22N4O3/c1-2-21-18(25)13-6-8-15(9-7-13)22-19(26)14-4-3-5-17(12-14)24-20(27)23-16-10-11-16/h3-9,12,16H,2,10-11H2,1H3,(H,21,25)(H,22,26)(H2,23,24,27). The molecule has 4 amide bonds. The van der Waals surface area contributed by atoms with E-state index in [1.54, 1.807) is 48.5 Å². The van der Waals surface area contributed by atoms with E-state index in [0.717, 1.165) is 12.8 Å². The van der Waals surface area contributed by atoms with Crippen molar-refractivity contribution in [2.45, 2.75) is 25.8 Å².